The van der Waals surface area contributed by atoms with E-state index in [1.807, 2.05) is 0 Å². The predicted octanol–water partition coefficient (Wildman–Crippen LogP) is 2.35. The molecule has 0 saturated carbocycles. The molecule has 0 bridgehead atoms. The molecule has 130 valence electrons. The van der Waals surface area contributed by atoms with Crippen molar-refractivity contribution < 1.29 is 9.53 Å². The van der Waals surface area contributed by atoms with Crippen molar-refractivity contribution >= 4 is 18.3 Å². The fraction of sp³-hybridized carbons (Fsp3) is 0.611. The quantitative estimate of drug-likeness (QED) is 0.801. The fourth-order valence-electron chi connectivity index (χ4n) is 3.07. The van der Waals surface area contributed by atoms with Crippen LogP contribution in [0.3, 0.4) is 0 Å². The summed E-state index contributed by atoms with van der Waals surface area (Å²) >= 11 is 0. The standard InChI is InChI=1S/C18H28N2O2.ClH/c1-3-15-4-6-16(7-5-15)8-11-20-17(21)18(14-22-2)9-12-19-13-10-18;/h4-7,19H,3,8-14H2,1-2H3,(H,20,21);1H. The molecule has 23 heavy (non-hydrogen) atoms. The average Bonchev–Trinajstić information content (AvgIpc) is 2.56. The Hall–Kier alpha value is -1.10. The number of nitrogens with one attached hydrogen (secondary N) is 2. The van der Waals surface area contributed by atoms with Gasteiger partial charge in [0.25, 0.3) is 0 Å². The van der Waals surface area contributed by atoms with Crippen LogP contribution in [0.5, 0.6) is 0 Å². The molecule has 1 aliphatic rings. The summed E-state index contributed by atoms with van der Waals surface area (Å²) in [5.41, 5.74) is 2.26. The van der Waals surface area contributed by atoms with Crippen LogP contribution in [0.4, 0.5) is 0 Å². The molecule has 0 atom stereocenters. The van der Waals surface area contributed by atoms with E-state index in [0.29, 0.717) is 13.2 Å². The van der Waals surface area contributed by atoms with E-state index < -0.39 is 0 Å². The van der Waals surface area contributed by atoms with Crippen LogP contribution in [-0.2, 0) is 22.4 Å². The van der Waals surface area contributed by atoms with E-state index in [9.17, 15) is 4.79 Å². The number of hydrogen-bond donors (Lipinski definition) is 2. The Kier molecular flexibility index (Phi) is 8.59. The van der Waals surface area contributed by atoms with Crippen LogP contribution in [-0.4, -0.2) is 39.3 Å². The SMILES string of the molecule is CCc1ccc(CCNC(=O)C2(COC)CCNCC2)cc1.Cl. The Labute approximate surface area is 145 Å². The third kappa shape index (κ3) is 5.48. The van der Waals surface area contributed by atoms with Crippen LogP contribution in [0.15, 0.2) is 24.3 Å². The number of halogens is 1. The second kappa shape index (κ2) is 9.91. The van der Waals surface area contributed by atoms with Gasteiger partial charge in [0.2, 0.25) is 5.91 Å². The molecular formula is C18H29ClN2O2. The molecule has 0 spiro atoms. The molecule has 1 fully saturated rings. The zero-order valence-electron chi connectivity index (χ0n) is 14.2. The van der Waals surface area contributed by atoms with Crippen molar-refractivity contribution in [3.63, 3.8) is 0 Å². The van der Waals surface area contributed by atoms with Crippen LogP contribution in [0.2, 0.25) is 0 Å². The summed E-state index contributed by atoms with van der Waals surface area (Å²) in [7, 11) is 1.67. The third-order valence-electron chi connectivity index (χ3n) is 4.59. The number of piperidine rings is 1. The Morgan fingerprint density at radius 1 is 1.22 bits per heavy atom. The Morgan fingerprint density at radius 2 is 1.83 bits per heavy atom. The molecule has 1 aliphatic heterocycles. The smallest absolute Gasteiger partial charge is 0.228 e. The molecule has 1 aromatic carbocycles. The van der Waals surface area contributed by atoms with E-state index >= 15 is 0 Å². The van der Waals surface area contributed by atoms with Gasteiger partial charge < -0.3 is 15.4 Å². The lowest BCUT2D eigenvalue weighted by atomic mass is 9.78. The Bertz CT molecular complexity index is 465. The number of rotatable bonds is 7. The first kappa shape index (κ1) is 19.9. The van der Waals surface area contributed by atoms with Crippen molar-refractivity contribution in [2.24, 2.45) is 5.41 Å². The van der Waals surface area contributed by atoms with Gasteiger partial charge in [0.05, 0.1) is 12.0 Å². The van der Waals surface area contributed by atoms with Gasteiger partial charge in [-0.05, 0) is 49.9 Å². The highest BCUT2D eigenvalue weighted by Crippen LogP contribution is 2.29. The molecule has 1 heterocycles. The van der Waals surface area contributed by atoms with E-state index in [0.717, 1.165) is 38.8 Å². The Morgan fingerprint density at radius 3 is 2.39 bits per heavy atom. The molecule has 0 radical (unpaired) electrons. The number of benzene rings is 1. The van der Waals surface area contributed by atoms with Crippen molar-refractivity contribution in [3.8, 4) is 0 Å². The number of aryl methyl sites for hydroxylation is 1. The van der Waals surface area contributed by atoms with Crippen LogP contribution in [0.25, 0.3) is 0 Å². The zero-order chi connectivity index (χ0) is 15.8. The third-order valence-corrected chi connectivity index (χ3v) is 4.59. The van der Waals surface area contributed by atoms with Crippen molar-refractivity contribution in [2.45, 2.75) is 32.6 Å². The fourth-order valence-corrected chi connectivity index (χ4v) is 3.07. The van der Waals surface area contributed by atoms with Crippen LogP contribution in [0.1, 0.15) is 30.9 Å². The van der Waals surface area contributed by atoms with Crippen molar-refractivity contribution in [1.29, 1.82) is 0 Å². The normalized spacial score (nSPS) is 16.4. The first-order chi connectivity index (χ1) is 10.7. The second-order valence-corrected chi connectivity index (χ2v) is 6.14. The largest absolute Gasteiger partial charge is 0.384 e. The van der Waals surface area contributed by atoms with Gasteiger partial charge in [-0.1, -0.05) is 31.2 Å². The highest BCUT2D eigenvalue weighted by Gasteiger charge is 2.39. The minimum absolute atomic E-state index is 0. The number of ether oxygens (including phenoxy) is 1. The molecule has 0 aromatic heterocycles. The van der Waals surface area contributed by atoms with Crippen molar-refractivity contribution in [1.82, 2.24) is 10.6 Å². The zero-order valence-corrected chi connectivity index (χ0v) is 15.0. The summed E-state index contributed by atoms with van der Waals surface area (Å²) in [5.74, 6) is 0.140. The molecule has 1 saturated heterocycles. The van der Waals surface area contributed by atoms with E-state index in [1.54, 1.807) is 7.11 Å². The minimum atomic E-state index is -0.355. The maximum atomic E-state index is 12.6. The average molecular weight is 341 g/mol. The van der Waals surface area contributed by atoms with Crippen LogP contribution in [0, 0.1) is 5.41 Å². The van der Waals surface area contributed by atoms with Crippen LogP contribution >= 0.6 is 12.4 Å². The lowest BCUT2D eigenvalue weighted by molar-refractivity contribution is -0.136. The highest BCUT2D eigenvalue weighted by atomic mass is 35.5. The summed E-state index contributed by atoms with van der Waals surface area (Å²) < 4.78 is 5.31. The van der Waals surface area contributed by atoms with Crippen molar-refractivity contribution in [2.75, 3.05) is 33.4 Å². The van der Waals surface area contributed by atoms with Crippen LogP contribution < -0.4 is 10.6 Å². The summed E-state index contributed by atoms with van der Waals surface area (Å²) in [6.45, 7) is 5.11. The first-order valence-corrected chi connectivity index (χ1v) is 8.26. The molecule has 1 aromatic rings. The van der Waals surface area contributed by atoms with Gasteiger partial charge in [-0.3, -0.25) is 4.79 Å². The Balaban J connectivity index is 0.00000264. The summed E-state index contributed by atoms with van der Waals surface area (Å²) in [6, 6.07) is 8.63. The topological polar surface area (TPSA) is 50.4 Å². The monoisotopic (exact) mass is 340 g/mol. The maximum Gasteiger partial charge on any atom is 0.228 e. The van der Waals surface area contributed by atoms with Gasteiger partial charge in [0.15, 0.2) is 0 Å². The molecule has 1 amide bonds. The second-order valence-electron chi connectivity index (χ2n) is 6.14. The van der Waals surface area contributed by atoms with Gasteiger partial charge in [-0.2, -0.15) is 0 Å². The summed E-state index contributed by atoms with van der Waals surface area (Å²) in [4.78, 5) is 12.6. The predicted molar refractivity (Wildman–Crippen MR) is 96.2 cm³/mol. The molecule has 0 aliphatic carbocycles. The van der Waals surface area contributed by atoms with Gasteiger partial charge >= 0.3 is 0 Å². The summed E-state index contributed by atoms with van der Waals surface area (Å²) in [6.07, 6.45) is 3.62. The number of carbonyl (C=O) groups excluding carboxylic acids is 1. The molecule has 5 heteroatoms. The van der Waals surface area contributed by atoms with E-state index in [2.05, 4.69) is 41.8 Å². The maximum absolute atomic E-state index is 12.6. The molecule has 2 rings (SSSR count). The van der Waals surface area contributed by atoms with Gasteiger partial charge in [0, 0.05) is 13.7 Å². The lowest BCUT2D eigenvalue weighted by Gasteiger charge is -2.35. The van der Waals surface area contributed by atoms with E-state index in [-0.39, 0.29) is 23.7 Å². The van der Waals surface area contributed by atoms with E-state index in [4.69, 9.17) is 4.74 Å². The molecular weight excluding hydrogens is 312 g/mol. The number of carbonyl (C=O) groups is 1. The highest BCUT2D eigenvalue weighted by molar-refractivity contribution is 5.85. The van der Waals surface area contributed by atoms with Gasteiger partial charge in [0.1, 0.15) is 0 Å². The molecule has 4 nitrogen and oxygen atoms in total. The minimum Gasteiger partial charge on any atom is -0.384 e. The van der Waals surface area contributed by atoms with E-state index in [1.165, 1.54) is 11.1 Å². The molecule has 2 N–H and O–H groups in total. The molecule has 0 unspecified atom stereocenters. The van der Waals surface area contributed by atoms with Gasteiger partial charge in [-0.15, -0.1) is 12.4 Å². The van der Waals surface area contributed by atoms with Gasteiger partial charge in [-0.25, -0.2) is 0 Å². The number of amides is 1. The summed E-state index contributed by atoms with van der Waals surface area (Å²) in [5, 5.41) is 6.42. The number of methoxy groups -OCH3 is 1. The first-order valence-electron chi connectivity index (χ1n) is 8.26. The number of hydrogen-bond acceptors (Lipinski definition) is 3. The lowest BCUT2D eigenvalue weighted by Crippen LogP contribution is -2.50. The van der Waals surface area contributed by atoms with Crippen molar-refractivity contribution in [3.05, 3.63) is 35.4 Å².